The van der Waals surface area contributed by atoms with Crippen molar-refractivity contribution in [3.8, 4) is 5.75 Å². The SMILES string of the molecule is Oc1ccc(CN2CCCn3cccc3C2c2cc(F)ccc2F)cc1. The zero-order chi connectivity index (χ0) is 18.1. The number of aromatic hydroxyl groups is 1. The first-order chi connectivity index (χ1) is 12.6. The number of aryl methyl sites for hydroxylation is 1. The van der Waals surface area contributed by atoms with Crippen LogP contribution in [0.15, 0.2) is 60.8 Å². The van der Waals surface area contributed by atoms with Crippen LogP contribution in [0.1, 0.15) is 29.3 Å². The molecule has 0 saturated heterocycles. The van der Waals surface area contributed by atoms with E-state index in [0.717, 1.165) is 36.8 Å². The highest BCUT2D eigenvalue weighted by atomic mass is 19.1. The fraction of sp³-hybridized carbons (Fsp3) is 0.238. The highest BCUT2D eigenvalue weighted by Gasteiger charge is 2.29. The van der Waals surface area contributed by atoms with E-state index in [1.807, 2.05) is 30.5 Å². The van der Waals surface area contributed by atoms with Crippen LogP contribution in [0, 0.1) is 11.6 Å². The molecule has 0 radical (unpaired) electrons. The molecule has 0 bridgehead atoms. The van der Waals surface area contributed by atoms with Gasteiger partial charge in [-0.25, -0.2) is 8.78 Å². The summed E-state index contributed by atoms with van der Waals surface area (Å²) in [5, 5.41) is 9.50. The second-order valence-corrected chi connectivity index (χ2v) is 6.69. The quantitative estimate of drug-likeness (QED) is 0.752. The van der Waals surface area contributed by atoms with Gasteiger partial charge in [0.05, 0.1) is 6.04 Å². The van der Waals surface area contributed by atoms with Gasteiger partial charge in [0.1, 0.15) is 17.4 Å². The maximum Gasteiger partial charge on any atom is 0.128 e. The van der Waals surface area contributed by atoms with Crippen LogP contribution in [0.3, 0.4) is 0 Å². The average Bonchev–Trinajstić information content (AvgIpc) is 3.01. The smallest absolute Gasteiger partial charge is 0.128 e. The van der Waals surface area contributed by atoms with Crippen molar-refractivity contribution in [1.29, 1.82) is 0 Å². The Morgan fingerprint density at radius 2 is 1.81 bits per heavy atom. The van der Waals surface area contributed by atoms with Crippen molar-refractivity contribution in [2.75, 3.05) is 6.54 Å². The van der Waals surface area contributed by atoms with Crippen LogP contribution in [-0.4, -0.2) is 21.1 Å². The molecule has 0 amide bonds. The lowest BCUT2D eigenvalue weighted by Gasteiger charge is -2.31. The van der Waals surface area contributed by atoms with Crippen molar-refractivity contribution in [1.82, 2.24) is 9.47 Å². The van der Waals surface area contributed by atoms with Crippen LogP contribution in [-0.2, 0) is 13.1 Å². The van der Waals surface area contributed by atoms with Crippen LogP contribution < -0.4 is 0 Å². The van der Waals surface area contributed by atoms with Crippen LogP contribution >= 0.6 is 0 Å². The molecule has 1 atom stereocenters. The molecule has 0 fully saturated rings. The molecular formula is C21H20F2N2O. The summed E-state index contributed by atoms with van der Waals surface area (Å²) in [4.78, 5) is 2.17. The lowest BCUT2D eigenvalue weighted by Crippen LogP contribution is -2.30. The van der Waals surface area contributed by atoms with E-state index in [-0.39, 0.29) is 11.8 Å². The van der Waals surface area contributed by atoms with Crippen molar-refractivity contribution in [2.45, 2.75) is 25.6 Å². The first-order valence-electron chi connectivity index (χ1n) is 8.74. The molecule has 5 heteroatoms. The number of hydrogen-bond donors (Lipinski definition) is 1. The number of halogens is 2. The molecule has 1 unspecified atom stereocenters. The summed E-state index contributed by atoms with van der Waals surface area (Å²) in [7, 11) is 0. The van der Waals surface area contributed by atoms with Crippen LogP contribution in [0.5, 0.6) is 5.75 Å². The minimum Gasteiger partial charge on any atom is -0.508 e. The minimum absolute atomic E-state index is 0.214. The number of phenolic OH excluding ortho intramolecular Hbond substituents is 1. The third kappa shape index (κ3) is 3.22. The second-order valence-electron chi connectivity index (χ2n) is 6.69. The number of fused-ring (bicyclic) bond motifs is 1. The van der Waals surface area contributed by atoms with Crippen LogP contribution in [0.4, 0.5) is 8.78 Å². The fourth-order valence-electron chi connectivity index (χ4n) is 3.73. The highest BCUT2D eigenvalue weighted by molar-refractivity contribution is 5.32. The lowest BCUT2D eigenvalue weighted by atomic mass is 10.00. The van der Waals surface area contributed by atoms with Gasteiger partial charge in [0.15, 0.2) is 0 Å². The molecule has 134 valence electrons. The van der Waals surface area contributed by atoms with Gasteiger partial charge in [-0.05, 0) is 54.4 Å². The summed E-state index contributed by atoms with van der Waals surface area (Å²) in [6.45, 7) is 2.21. The van der Waals surface area contributed by atoms with Gasteiger partial charge >= 0.3 is 0 Å². The van der Waals surface area contributed by atoms with E-state index in [1.165, 1.54) is 12.1 Å². The van der Waals surface area contributed by atoms with Crippen molar-refractivity contribution >= 4 is 0 Å². The Morgan fingerprint density at radius 1 is 1.00 bits per heavy atom. The minimum atomic E-state index is -0.437. The zero-order valence-electron chi connectivity index (χ0n) is 14.3. The summed E-state index contributed by atoms with van der Waals surface area (Å²) < 4.78 is 30.6. The standard InChI is InChI=1S/C21H20F2N2O/c22-16-6-9-19(23)18(13-16)21-20-3-1-10-24(20)11-2-12-25(21)14-15-4-7-17(26)8-5-15/h1,3-10,13,21,26H,2,11-12,14H2. The summed E-state index contributed by atoms with van der Waals surface area (Å²) in [6, 6.07) is 14.2. The Kier molecular flexibility index (Phi) is 4.47. The van der Waals surface area contributed by atoms with E-state index in [1.54, 1.807) is 12.1 Å². The number of phenols is 1. The molecule has 1 aromatic heterocycles. The predicted molar refractivity (Wildman–Crippen MR) is 95.8 cm³/mol. The summed E-state index contributed by atoms with van der Waals surface area (Å²) in [5.41, 5.74) is 2.33. The van der Waals surface area contributed by atoms with E-state index >= 15 is 0 Å². The normalized spacial score (nSPS) is 17.7. The van der Waals surface area contributed by atoms with Gasteiger partial charge in [-0.2, -0.15) is 0 Å². The molecule has 3 aromatic rings. The molecule has 1 N–H and O–H groups in total. The van der Waals surface area contributed by atoms with Crippen molar-refractivity contribution in [2.24, 2.45) is 0 Å². The van der Waals surface area contributed by atoms with E-state index < -0.39 is 11.6 Å². The van der Waals surface area contributed by atoms with Crippen molar-refractivity contribution < 1.29 is 13.9 Å². The van der Waals surface area contributed by atoms with Gasteiger partial charge < -0.3 is 9.67 Å². The Balaban J connectivity index is 1.77. The Bertz CT molecular complexity index is 905. The molecule has 3 nitrogen and oxygen atoms in total. The first-order valence-corrected chi connectivity index (χ1v) is 8.74. The molecule has 2 aromatic carbocycles. The number of benzene rings is 2. The molecule has 1 aliphatic heterocycles. The summed E-state index contributed by atoms with van der Waals surface area (Å²) in [6.07, 6.45) is 2.91. The Labute approximate surface area is 151 Å². The molecule has 2 heterocycles. The van der Waals surface area contributed by atoms with E-state index in [2.05, 4.69) is 9.47 Å². The van der Waals surface area contributed by atoms with Gasteiger partial charge in [-0.1, -0.05) is 12.1 Å². The third-order valence-corrected chi connectivity index (χ3v) is 4.93. The maximum absolute atomic E-state index is 14.6. The molecule has 26 heavy (non-hydrogen) atoms. The maximum atomic E-state index is 14.6. The summed E-state index contributed by atoms with van der Waals surface area (Å²) in [5.74, 6) is -0.624. The average molecular weight is 354 g/mol. The number of aromatic nitrogens is 1. The number of rotatable bonds is 3. The topological polar surface area (TPSA) is 28.4 Å². The number of nitrogens with zero attached hydrogens (tertiary/aromatic N) is 2. The molecule has 0 saturated carbocycles. The van der Waals surface area contributed by atoms with Crippen LogP contribution in [0.2, 0.25) is 0 Å². The molecule has 0 aliphatic carbocycles. The predicted octanol–water partition coefficient (Wildman–Crippen LogP) is 4.47. The van der Waals surface area contributed by atoms with Crippen LogP contribution in [0.25, 0.3) is 0 Å². The monoisotopic (exact) mass is 354 g/mol. The third-order valence-electron chi connectivity index (χ3n) is 4.93. The molecule has 4 rings (SSSR count). The molecular weight excluding hydrogens is 334 g/mol. The largest absolute Gasteiger partial charge is 0.508 e. The zero-order valence-corrected chi connectivity index (χ0v) is 14.3. The van der Waals surface area contributed by atoms with Gasteiger partial charge in [0.25, 0.3) is 0 Å². The first kappa shape index (κ1) is 16.8. The Morgan fingerprint density at radius 3 is 2.62 bits per heavy atom. The van der Waals surface area contributed by atoms with E-state index in [0.29, 0.717) is 12.1 Å². The lowest BCUT2D eigenvalue weighted by molar-refractivity contribution is 0.216. The van der Waals surface area contributed by atoms with Gasteiger partial charge in [0.2, 0.25) is 0 Å². The van der Waals surface area contributed by atoms with Gasteiger partial charge in [-0.15, -0.1) is 0 Å². The van der Waals surface area contributed by atoms with Gasteiger partial charge in [0, 0.05) is 37.1 Å². The number of hydrogen-bond acceptors (Lipinski definition) is 2. The fourth-order valence-corrected chi connectivity index (χ4v) is 3.73. The highest BCUT2D eigenvalue weighted by Crippen LogP contribution is 2.34. The Hall–Kier alpha value is -2.66. The second kappa shape index (κ2) is 6.92. The van der Waals surface area contributed by atoms with Crippen molar-refractivity contribution in [3.05, 3.63) is 89.2 Å². The molecule has 1 aliphatic rings. The molecule has 0 spiro atoms. The van der Waals surface area contributed by atoms with Gasteiger partial charge in [-0.3, -0.25) is 4.90 Å². The van der Waals surface area contributed by atoms with E-state index in [4.69, 9.17) is 0 Å². The summed E-state index contributed by atoms with van der Waals surface area (Å²) >= 11 is 0. The van der Waals surface area contributed by atoms with E-state index in [9.17, 15) is 13.9 Å². The van der Waals surface area contributed by atoms with Crippen molar-refractivity contribution in [3.63, 3.8) is 0 Å².